The Hall–Kier alpha value is -2.76. The molecule has 6 heteroatoms. The summed E-state index contributed by atoms with van der Waals surface area (Å²) >= 11 is 0. The fourth-order valence-electron chi connectivity index (χ4n) is 2.78. The van der Waals surface area contributed by atoms with Crippen molar-refractivity contribution < 1.29 is 9.18 Å². The van der Waals surface area contributed by atoms with Gasteiger partial charge in [-0.2, -0.15) is 0 Å². The number of nitrogens with one attached hydrogen (secondary N) is 1. The fraction of sp³-hybridized carbons (Fsp3) is 0.278. The number of carbonyl (C=O) groups excluding carboxylic acids is 1. The van der Waals surface area contributed by atoms with Gasteiger partial charge in [-0.1, -0.05) is 0 Å². The molecule has 3 aromatic heterocycles. The zero-order chi connectivity index (χ0) is 16.8. The lowest BCUT2D eigenvalue weighted by molar-refractivity contribution is -0.117. The molecule has 0 saturated heterocycles. The van der Waals surface area contributed by atoms with Crippen LogP contribution in [0.15, 0.2) is 30.6 Å². The number of fused-ring (bicyclic) bond motifs is 1. The molecule has 4 rings (SSSR count). The van der Waals surface area contributed by atoms with E-state index in [-0.39, 0.29) is 17.6 Å². The highest BCUT2D eigenvalue weighted by Gasteiger charge is 2.30. The number of amides is 1. The number of aromatic nitrogens is 3. The molecule has 0 unspecified atom stereocenters. The van der Waals surface area contributed by atoms with Gasteiger partial charge in [0.05, 0.1) is 11.7 Å². The van der Waals surface area contributed by atoms with Gasteiger partial charge in [-0.15, -0.1) is 5.10 Å². The number of aryl methyl sites for hydroxylation is 2. The quantitative estimate of drug-likeness (QED) is 0.802. The van der Waals surface area contributed by atoms with Gasteiger partial charge in [0.25, 0.3) is 0 Å². The van der Waals surface area contributed by atoms with Crippen molar-refractivity contribution in [2.45, 2.75) is 26.7 Å². The second-order valence-electron chi connectivity index (χ2n) is 6.29. The largest absolute Gasteiger partial charge is 0.309 e. The summed E-state index contributed by atoms with van der Waals surface area (Å²) in [6.07, 6.45) is 4.91. The van der Waals surface area contributed by atoms with Crippen molar-refractivity contribution in [3.63, 3.8) is 0 Å². The SMILES string of the molecule is Cc1cc(-c2ccn3nc(NC(=O)C4CC4)c(C)c3c2)c(F)cn1. The van der Waals surface area contributed by atoms with Crippen LogP contribution in [0.2, 0.25) is 0 Å². The van der Waals surface area contributed by atoms with Crippen LogP contribution >= 0.6 is 0 Å². The predicted molar refractivity (Wildman–Crippen MR) is 89.2 cm³/mol. The van der Waals surface area contributed by atoms with E-state index in [1.165, 1.54) is 6.20 Å². The number of nitrogens with zero attached hydrogens (tertiary/aromatic N) is 3. The average molecular weight is 324 g/mol. The Balaban J connectivity index is 1.76. The van der Waals surface area contributed by atoms with Gasteiger partial charge in [0.1, 0.15) is 5.82 Å². The normalized spacial score (nSPS) is 14.1. The Morgan fingerprint density at radius 2 is 2.12 bits per heavy atom. The fourth-order valence-corrected chi connectivity index (χ4v) is 2.78. The minimum Gasteiger partial charge on any atom is -0.309 e. The van der Waals surface area contributed by atoms with Crippen LogP contribution in [0.1, 0.15) is 24.1 Å². The number of carbonyl (C=O) groups is 1. The summed E-state index contributed by atoms with van der Waals surface area (Å²) in [6, 6.07) is 5.42. The maximum atomic E-state index is 14.1. The van der Waals surface area contributed by atoms with Crippen molar-refractivity contribution in [3.8, 4) is 11.1 Å². The highest BCUT2D eigenvalue weighted by atomic mass is 19.1. The zero-order valence-electron chi connectivity index (χ0n) is 13.5. The highest BCUT2D eigenvalue weighted by Crippen LogP contribution is 2.31. The first-order valence-electron chi connectivity index (χ1n) is 7.95. The molecule has 1 saturated carbocycles. The number of halogens is 1. The Morgan fingerprint density at radius 3 is 2.88 bits per heavy atom. The van der Waals surface area contributed by atoms with Crippen molar-refractivity contribution in [3.05, 3.63) is 47.7 Å². The molecule has 0 radical (unpaired) electrons. The summed E-state index contributed by atoms with van der Waals surface area (Å²) in [5, 5.41) is 7.30. The van der Waals surface area contributed by atoms with E-state index in [4.69, 9.17) is 0 Å². The van der Waals surface area contributed by atoms with Crippen molar-refractivity contribution >= 4 is 17.2 Å². The van der Waals surface area contributed by atoms with Crippen LogP contribution in [0, 0.1) is 25.6 Å². The molecule has 1 fully saturated rings. The number of hydrogen-bond donors (Lipinski definition) is 1. The lowest BCUT2D eigenvalue weighted by Gasteiger charge is -2.05. The summed E-state index contributed by atoms with van der Waals surface area (Å²) in [5.41, 5.74) is 3.74. The molecular formula is C18H17FN4O. The van der Waals surface area contributed by atoms with Gasteiger partial charge in [-0.25, -0.2) is 8.91 Å². The molecular weight excluding hydrogens is 307 g/mol. The minimum atomic E-state index is -0.357. The molecule has 1 amide bonds. The Bertz CT molecular complexity index is 959. The minimum absolute atomic E-state index is 0.0255. The third kappa shape index (κ3) is 2.54. The van der Waals surface area contributed by atoms with Gasteiger partial charge in [-0.05, 0) is 50.5 Å². The first kappa shape index (κ1) is 14.8. The average Bonchev–Trinajstić information content (AvgIpc) is 3.37. The van der Waals surface area contributed by atoms with E-state index >= 15 is 0 Å². The molecule has 0 atom stereocenters. The van der Waals surface area contributed by atoms with Crippen molar-refractivity contribution in [2.75, 3.05) is 5.32 Å². The zero-order valence-corrected chi connectivity index (χ0v) is 13.5. The molecule has 0 bridgehead atoms. The summed E-state index contributed by atoms with van der Waals surface area (Å²) in [7, 11) is 0. The standard InChI is InChI=1S/C18H17FN4O/c1-10-7-14(15(19)9-20-10)13-5-6-23-16(8-13)11(2)17(22-23)21-18(24)12-3-4-12/h5-9,12H,3-4H2,1-2H3,(H,21,22,24). The molecule has 3 heterocycles. The van der Waals surface area contributed by atoms with Crippen molar-refractivity contribution in [1.82, 2.24) is 14.6 Å². The van der Waals surface area contributed by atoms with Gasteiger partial charge >= 0.3 is 0 Å². The molecule has 5 nitrogen and oxygen atoms in total. The van der Waals surface area contributed by atoms with Gasteiger partial charge in [0, 0.05) is 28.9 Å². The van der Waals surface area contributed by atoms with E-state index in [0.717, 1.165) is 35.2 Å². The van der Waals surface area contributed by atoms with Crippen LogP contribution in [0.25, 0.3) is 16.6 Å². The topological polar surface area (TPSA) is 59.3 Å². The summed E-state index contributed by atoms with van der Waals surface area (Å²) in [4.78, 5) is 15.9. The molecule has 24 heavy (non-hydrogen) atoms. The Kier molecular flexibility index (Phi) is 3.33. The lowest BCUT2D eigenvalue weighted by Crippen LogP contribution is -2.14. The van der Waals surface area contributed by atoms with E-state index in [1.54, 1.807) is 16.8 Å². The number of pyridine rings is 2. The first-order chi connectivity index (χ1) is 11.5. The van der Waals surface area contributed by atoms with Gasteiger partial charge in [0.2, 0.25) is 5.91 Å². The molecule has 1 N–H and O–H groups in total. The molecule has 1 aliphatic carbocycles. The van der Waals surface area contributed by atoms with E-state index in [9.17, 15) is 9.18 Å². The number of rotatable bonds is 3. The smallest absolute Gasteiger partial charge is 0.228 e. The third-order valence-electron chi connectivity index (χ3n) is 4.37. The number of hydrogen-bond acceptors (Lipinski definition) is 3. The second-order valence-corrected chi connectivity index (χ2v) is 6.29. The van der Waals surface area contributed by atoms with Crippen LogP contribution in [0.5, 0.6) is 0 Å². The summed E-state index contributed by atoms with van der Waals surface area (Å²) in [6.45, 7) is 3.74. The molecule has 0 aliphatic heterocycles. The number of anilines is 1. The van der Waals surface area contributed by atoms with Crippen LogP contribution in [0.3, 0.4) is 0 Å². The van der Waals surface area contributed by atoms with Crippen molar-refractivity contribution in [1.29, 1.82) is 0 Å². The Morgan fingerprint density at radius 1 is 1.33 bits per heavy atom. The maximum Gasteiger partial charge on any atom is 0.228 e. The van der Waals surface area contributed by atoms with E-state index in [0.29, 0.717) is 11.4 Å². The molecule has 1 aliphatic rings. The third-order valence-corrected chi connectivity index (χ3v) is 4.37. The maximum absolute atomic E-state index is 14.1. The second kappa shape index (κ2) is 5.40. The van der Waals surface area contributed by atoms with Gasteiger partial charge < -0.3 is 5.32 Å². The van der Waals surface area contributed by atoms with E-state index < -0.39 is 0 Å². The molecule has 0 aromatic carbocycles. The van der Waals surface area contributed by atoms with Crippen LogP contribution < -0.4 is 5.32 Å². The van der Waals surface area contributed by atoms with E-state index in [2.05, 4.69) is 15.4 Å². The first-order valence-corrected chi connectivity index (χ1v) is 7.95. The monoisotopic (exact) mass is 324 g/mol. The molecule has 0 spiro atoms. The molecule has 3 aromatic rings. The van der Waals surface area contributed by atoms with Crippen molar-refractivity contribution in [2.24, 2.45) is 5.92 Å². The summed E-state index contributed by atoms with van der Waals surface area (Å²) in [5.74, 6) is 0.357. The lowest BCUT2D eigenvalue weighted by atomic mass is 10.1. The van der Waals surface area contributed by atoms with Gasteiger partial charge in [0.15, 0.2) is 5.82 Å². The molecule has 122 valence electrons. The Labute approximate surface area is 138 Å². The van der Waals surface area contributed by atoms with Gasteiger partial charge in [-0.3, -0.25) is 9.78 Å². The van der Waals surface area contributed by atoms with Crippen LogP contribution in [-0.2, 0) is 4.79 Å². The predicted octanol–water partition coefficient (Wildman–Crippen LogP) is 3.50. The van der Waals surface area contributed by atoms with Crippen LogP contribution in [-0.4, -0.2) is 20.5 Å². The van der Waals surface area contributed by atoms with Crippen LogP contribution in [0.4, 0.5) is 10.2 Å². The highest BCUT2D eigenvalue weighted by molar-refractivity contribution is 5.94. The van der Waals surface area contributed by atoms with E-state index in [1.807, 2.05) is 26.0 Å². The summed E-state index contributed by atoms with van der Waals surface area (Å²) < 4.78 is 15.8.